The van der Waals surface area contributed by atoms with Crippen molar-refractivity contribution >= 4 is 23.2 Å². The van der Waals surface area contributed by atoms with Gasteiger partial charge in [-0.15, -0.1) is 11.3 Å². The number of likely N-dealkylation sites (tertiary alicyclic amines) is 1. The third-order valence-electron chi connectivity index (χ3n) is 3.66. The highest BCUT2D eigenvalue weighted by Gasteiger charge is 2.47. The van der Waals surface area contributed by atoms with Crippen LogP contribution in [0.1, 0.15) is 41.9 Å². The molecule has 0 bridgehead atoms. The first kappa shape index (κ1) is 14.1. The summed E-state index contributed by atoms with van der Waals surface area (Å²) in [6.07, 6.45) is 1.51. The Balaban J connectivity index is 2.26. The first-order valence-corrected chi connectivity index (χ1v) is 7.42. The highest BCUT2D eigenvalue weighted by Crippen LogP contribution is 2.33. The Kier molecular flexibility index (Phi) is 3.94. The summed E-state index contributed by atoms with van der Waals surface area (Å²) in [5.74, 6) is -0.351. The van der Waals surface area contributed by atoms with Gasteiger partial charge < -0.3 is 9.64 Å². The number of nitrogens with zero attached hydrogens (tertiary/aromatic N) is 1. The standard InChI is InChI=1S/C14H19NO3S/c1-4-18-13(17)14(3)7-5-8-15(14)12(16)11-10(2)6-9-19-11/h6,9H,4-5,7-8H2,1-3H3. The number of amides is 1. The van der Waals surface area contributed by atoms with Crippen molar-refractivity contribution in [1.82, 2.24) is 4.90 Å². The summed E-state index contributed by atoms with van der Waals surface area (Å²) in [6.45, 7) is 6.46. The van der Waals surface area contributed by atoms with Gasteiger partial charge in [0, 0.05) is 6.54 Å². The van der Waals surface area contributed by atoms with Gasteiger partial charge in [0.2, 0.25) is 0 Å². The van der Waals surface area contributed by atoms with Crippen LogP contribution in [0.4, 0.5) is 0 Å². The van der Waals surface area contributed by atoms with E-state index in [1.54, 1.807) is 18.7 Å². The maximum Gasteiger partial charge on any atom is 0.331 e. The number of ether oxygens (including phenoxy) is 1. The lowest BCUT2D eigenvalue weighted by Gasteiger charge is -2.32. The second-order valence-electron chi connectivity index (χ2n) is 4.99. The van der Waals surface area contributed by atoms with Crippen molar-refractivity contribution in [2.45, 2.75) is 39.2 Å². The molecule has 104 valence electrons. The summed E-state index contributed by atoms with van der Waals surface area (Å²) in [6, 6.07) is 1.93. The van der Waals surface area contributed by atoms with Crippen molar-refractivity contribution in [2.75, 3.05) is 13.2 Å². The van der Waals surface area contributed by atoms with E-state index >= 15 is 0 Å². The van der Waals surface area contributed by atoms with E-state index in [1.807, 2.05) is 18.4 Å². The minimum Gasteiger partial charge on any atom is -0.464 e. The third-order valence-corrected chi connectivity index (χ3v) is 4.66. The van der Waals surface area contributed by atoms with Crippen LogP contribution in [0.25, 0.3) is 0 Å². The largest absolute Gasteiger partial charge is 0.464 e. The van der Waals surface area contributed by atoms with Crippen molar-refractivity contribution in [3.8, 4) is 0 Å². The zero-order valence-corrected chi connectivity index (χ0v) is 12.4. The fourth-order valence-electron chi connectivity index (χ4n) is 2.50. The number of thiophene rings is 1. The zero-order chi connectivity index (χ0) is 14.0. The predicted octanol–water partition coefficient (Wildman–Crippen LogP) is 2.61. The highest BCUT2D eigenvalue weighted by molar-refractivity contribution is 7.12. The van der Waals surface area contributed by atoms with Crippen LogP contribution in [-0.2, 0) is 9.53 Å². The van der Waals surface area contributed by atoms with Crippen LogP contribution in [0, 0.1) is 6.92 Å². The molecule has 1 amide bonds. The summed E-state index contributed by atoms with van der Waals surface area (Å²) in [5, 5.41) is 1.90. The van der Waals surface area contributed by atoms with Crippen LogP contribution in [0.3, 0.4) is 0 Å². The minimum absolute atomic E-state index is 0.0550. The summed E-state index contributed by atoms with van der Waals surface area (Å²) in [7, 11) is 0. The molecular weight excluding hydrogens is 262 g/mol. The molecule has 4 nitrogen and oxygen atoms in total. The molecule has 1 aromatic rings. The second kappa shape index (κ2) is 5.33. The van der Waals surface area contributed by atoms with Gasteiger partial charge in [-0.25, -0.2) is 4.79 Å². The van der Waals surface area contributed by atoms with Crippen molar-refractivity contribution < 1.29 is 14.3 Å². The molecular formula is C14H19NO3S. The van der Waals surface area contributed by atoms with E-state index in [-0.39, 0.29) is 11.9 Å². The molecule has 1 aromatic heterocycles. The van der Waals surface area contributed by atoms with E-state index in [9.17, 15) is 9.59 Å². The highest BCUT2D eigenvalue weighted by atomic mass is 32.1. The van der Waals surface area contributed by atoms with Crippen LogP contribution in [0.2, 0.25) is 0 Å². The van der Waals surface area contributed by atoms with E-state index < -0.39 is 5.54 Å². The van der Waals surface area contributed by atoms with Crippen molar-refractivity contribution in [3.63, 3.8) is 0 Å². The Morgan fingerprint density at radius 3 is 2.84 bits per heavy atom. The Morgan fingerprint density at radius 2 is 2.26 bits per heavy atom. The quantitative estimate of drug-likeness (QED) is 0.800. The molecule has 0 aliphatic carbocycles. The molecule has 0 saturated carbocycles. The summed E-state index contributed by atoms with van der Waals surface area (Å²) in [4.78, 5) is 27.1. The lowest BCUT2D eigenvalue weighted by Crippen LogP contribution is -2.51. The Bertz CT molecular complexity index is 497. The second-order valence-corrected chi connectivity index (χ2v) is 5.90. The molecule has 1 atom stereocenters. The molecule has 5 heteroatoms. The van der Waals surface area contributed by atoms with Gasteiger partial charge in [0.05, 0.1) is 11.5 Å². The number of carbonyl (C=O) groups excluding carboxylic acids is 2. The van der Waals surface area contributed by atoms with Gasteiger partial charge in [-0.05, 0) is 50.6 Å². The topological polar surface area (TPSA) is 46.6 Å². The molecule has 2 rings (SSSR count). The van der Waals surface area contributed by atoms with Gasteiger partial charge >= 0.3 is 5.97 Å². The SMILES string of the molecule is CCOC(=O)C1(C)CCCN1C(=O)c1sccc1C. The molecule has 0 aromatic carbocycles. The monoisotopic (exact) mass is 281 g/mol. The van der Waals surface area contributed by atoms with Gasteiger partial charge in [0.25, 0.3) is 5.91 Å². The van der Waals surface area contributed by atoms with Crippen LogP contribution in [-0.4, -0.2) is 35.5 Å². The Hall–Kier alpha value is -1.36. The van der Waals surface area contributed by atoms with Gasteiger partial charge in [0.15, 0.2) is 0 Å². The Labute approximate surface area is 117 Å². The van der Waals surface area contributed by atoms with Crippen LogP contribution < -0.4 is 0 Å². The number of aryl methyl sites for hydroxylation is 1. The molecule has 19 heavy (non-hydrogen) atoms. The molecule has 1 fully saturated rings. The van der Waals surface area contributed by atoms with Gasteiger partial charge in [-0.3, -0.25) is 4.79 Å². The molecule has 0 spiro atoms. The lowest BCUT2D eigenvalue weighted by atomic mass is 9.99. The number of hydrogen-bond acceptors (Lipinski definition) is 4. The summed E-state index contributed by atoms with van der Waals surface area (Å²) in [5.41, 5.74) is 0.150. The van der Waals surface area contributed by atoms with Crippen molar-refractivity contribution in [1.29, 1.82) is 0 Å². The van der Waals surface area contributed by atoms with E-state index in [2.05, 4.69) is 0 Å². The summed E-state index contributed by atoms with van der Waals surface area (Å²) >= 11 is 1.43. The van der Waals surface area contributed by atoms with Crippen LogP contribution >= 0.6 is 11.3 Å². The van der Waals surface area contributed by atoms with E-state index in [4.69, 9.17) is 4.74 Å². The molecule has 1 saturated heterocycles. The number of carbonyl (C=O) groups is 2. The molecule has 1 aliphatic heterocycles. The average molecular weight is 281 g/mol. The van der Waals surface area contributed by atoms with Gasteiger partial charge in [0.1, 0.15) is 5.54 Å². The van der Waals surface area contributed by atoms with E-state index in [0.717, 1.165) is 16.9 Å². The van der Waals surface area contributed by atoms with Gasteiger partial charge in [-0.2, -0.15) is 0 Å². The first-order valence-electron chi connectivity index (χ1n) is 6.54. The maximum atomic E-state index is 12.6. The van der Waals surface area contributed by atoms with E-state index in [0.29, 0.717) is 19.6 Å². The fourth-order valence-corrected chi connectivity index (χ4v) is 3.38. The predicted molar refractivity (Wildman–Crippen MR) is 74.4 cm³/mol. The van der Waals surface area contributed by atoms with Crippen LogP contribution in [0.5, 0.6) is 0 Å². The smallest absolute Gasteiger partial charge is 0.331 e. The van der Waals surface area contributed by atoms with Crippen molar-refractivity contribution in [3.05, 3.63) is 21.9 Å². The number of esters is 1. The van der Waals surface area contributed by atoms with E-state index in [1.165, 1.54) is 11.3 Å². The molecule has 1 unspecified atom stereocenters. The zero-order valence-electron chi connectivity index (χ0n) is 11.6. The van der Waals surface area contributed by atoms with Crippen LogP contribution in [0.15, 0.2) is 11.4 Å². The molecule has 2 heterocycles. The third kappa shape index (κ3) is 2.39. The van der Waals surface area contributed by atoms with Gasteiger partial charge in [-0.1, -0.05) is 0 Å². The molecule has 1 aliphatic rings. The Morgan fingerprint density at radius 1 is 1.53 bits per heavy atom. The normalized spacial score (nSPS) is 22.6. The maximum absolute atomic E-state index is 12.6. The number of rotatable bonds is 3. The van der Waals surface area contributed by atoms with Crippen molar-refractivity contribution in [2.24, 2.45) is 0 Å². The minimum atomic E-state index is -0.816. The summed E-state index contributed by atoms with van der Waals surface area (Å²) < 4.78 is 5.13. The average Bonchev–Trinajstić information content (AvgIpc) is 2.96. The fraction of sp³-hybridized carbons (Fsp3) is 0.571. The first-order chi connectivity index (χ1) is 9.00. The lowest BCUT2D eigenvalue weighted by molar-refractivity contribution is -0.153. The number of hydrogen-bond donors (Lipinski definition) is 0. The molecule has 0 radical (unpaired) electrons. The molecule has 0 N–H and O–H groups in total.